The molecule has 1 aliphatic heterocycles. The molecule has 0 bridgehead atoms. The molecular weight excluding hydrogens is 380 g/mol. The van der Waals surface area contributed by atoms with Gasteiger partial charge in [-0.25, -0.2) is 13.2 Å². The average molecular weight is 402 g/mol. The Kier molecular flexibility index (Phi) is 5.69. The maximum absolute atomic E-state index is 12.6. The normalized spacial score (nSPS) is 16.4. The van der Waals surface area contributed by atoms with E-state index in [4.69, 9.17) is 4.74 Å². The lowest BCUT2D eigenvalue weighted by Crippen LogP contribution is -2.31. The smallest absolute Gasteiger partial charge is 0.339 e. The molecule has 1 atom stereocenters. The van der Waals surface area contributed by atoms with Gasteiger partial charge in [0.25, 0.3) is 5.91 Å². The first-order valence-corrected chi connectivity index (χ1v) is 10.5. The number of esters is 1. The van der Waals surface area contributed by atoms with Gasteiger partial charge in [-0.2, -0.15) is 0 Å². The molecule has 1 saturated heterocycles. The van der Waals surface area contributed by atoms with E-state index in [1.54, 1.807) is 50.5 Å². The van der Waals surface area contributed by atoms with E-state index in [2.05, 4.69) is 0 Å². The van der Waals surface area contributed by atoms with Crippen molar-refractivity contribution in [3.63, 3.8) is 0 Å². The number of benzene rings is 2. The molecule has 0 aliphatic carbocycles. The van der Waals surface area contributed by atoms with E-state index < -0.39 is 22.1 Å². The van der Waals surface area contributed by atoms with E-state index in [1.807, 2.05) is 6.07 Å². The maximum atomic E-state index is 12.6. The van der Waals surface area contributed by atoms with E-state index >= 15 is 0 Å². The lowest BCUT2D eigenvalue weighted by atomic mass is 10.1. The van der Waals surface area contributed by atoms with E-state index in [1.165, 1.54) is 21.3 Å². The Morgan fingerprint density at radius 1 is 1.04 bits per heavy atom. The number of hydrogen-bond donors (Lipinski definition) is 0. The van der Waals surface area contributed by atoms with Crippen LogP contribution in [0.5, 0.6) is 0 Å². The number of nitrogens with zero attached hydrogens (tertiary/aromatic N) is 2. The second-order valence-corrected chi connectivity index (χ2v) is 8.73. The number of sulfonamides is 1. The Labute approximate surface area is 164 Å². The molecule has 28 heavy (non-hydrogen) atoms. The molecule has 1 aliphatic rings. The Morgan fingerprint density at radius 3 is 2.21 bits per heavy atom. The third-order valence-corrected chi connectivity index (χ3v) is 6.35. The lowest BCUT2D eigenvalue weighted by molar-refractivity contribution is -0.138. The number of rotatable bonds is 5. The molecule has 1 fully saturated rings. The fourth-order valence-electron chi connectivity index (χ4n) is 2.99. The first-order chi connectivity index (χ1) is 13.3. The molecule has 0 spiro atoms. The van der Waals surface area contributed by atoms with E-state index in [0.29, 0.717) is 24.2 Å². The van der Waals surface area contributed by atoms with Crippen LogP contribution in [-0.4, -0.2) is 51.6 Å². The van der Waals surface area contributed by atoms with Crippen molar-refractivity contribution in [3.8, 4) is 0 Å². The minimum absolute atomic E-state index is 0.127. The van der Waals surface area contributed by atoms with Crippen molar-refractivity contribution in [2.45, 2.75) is 12.5 Å². The van der Waals surface area contributed by atoms with Crippen molar-refractivity contribution in [3.05, 3.63) is 65.7 Å². The number of hydrogen-bond acceptors (Lipinski definition) is 5. The van der Waals surface area contributed by atoms with Crippen molar-refractivity contribution in [2.24, 2.45) is 0 Å². The minimum atomic E-state index is -3.28. The van der Waals surface area contributed by atoms with E-state index in [9.17, 15) is 18.0 Å². The van der Waals surface area contributed by atoms with Gasteiger partial charge in [0.15, 0.2) is 0 Å². The molecule has 0 aromatic heterocycles. The summed E-state index contributed by atoms with van der Waals surface area (Å²) in [6, 6.07) is 15.0. The predicted molar refractivity (Wildman–Crippen MR) is 105 cm³/mol. The van der Waals surface area contributed by atoms with Crippen molar-refractivity contribution in [1.82, 2.24) is 4.90 Å². The van der Waals surface area contributed by atoms with Crippen molar-refractivity contribution < 1.29 is 22.7 Å². The summed E-state index contributed by atoms with van der Waals surface area (Å²) < 4.78 is 30.9. The van der Waals surface area contributed by atoms with Gasteiger partial charge in [0.1, 0.15) is 0 Å². The number of carbonyl (C=O) groups is 2. The Balaban J connectivity index is 1.79. The Hall–Kier alpha value is -2.87. The third-order valence-electron chi connectivity index (χ3n) is 4.48. The maximum Gasteiger partial charge on any atom is 0.339 e. The first-order valence-electron chi connectivity index (χ1n) is 8.87. The zero-order valence-corrected chi connectivity index (χ0v) is 16.6. The quantitative estimate of drug-likeness (QED) is 0.716. The molecule has 2 aromatic rings. The summed E-state index contributed by atoms with van der Waals surface area (Å²) in [6.07, 6.45) is -0.473. The standard InChI is InChI=1S/C20H22N2O5S/c1-21(2)19(23)18(15-7-4-3-5-8-15)27-20(24)16-9-11-17(12-10-16)22-13-6-14-28(22,25)26/h3-5,7-12,18H,6,13-14H2,1-2H3. The van der Waals surface area contributed by atoms with Crippen LogP contribution in [0.2, 0.25) is 0 Å². The van der Waals surface area contributed by atoms with Crippen LogP contribution < -0.4 is 4.31 Å². The third kappa shape index (κ3) is 4.17. The summed E-state index contributed by atoms with van der Waals surface area (Å²) in [7, 11) is -0.0928. The molecule has 2 aromatic carbocycles. The molecule has 0 radical (unpaired) electrons. The summed E-state index contributed by atoms with van der Waals surface area (Å²) in [5.41, 5.74) is 1.33. The Bertz CT molecular complexity index is 956. The first kappa shape index (κ1) is 19.9. The van der Waals surface area contributed by atoms with Crippen LogP contribution in [0.1, 0.15) is 28.4 Å². The number of amides is 1. The average Bonchev–Trinajstić information content (AvgIpc) is 3.05. The molecular formula is C20H22N2O5S. The second-order valence-electron chi connectivity index (χ2n) is 6.72. The highest BCUT2D eigenvalue weighted by atomic mass is 32.2. The number of ether oxygens (including phenoxy) is 1. The largest absolute Gasteiger partial charge is 0.444 e. The highest BCUT2D eigenvalue weighted by Gasteiger charge is 2.29. The molecule has 1 amide bonds. The summed E-state index contributed by atoms with van der Waals surface area (Å²) in [5, 5.41) is 0. The van der Waals surface area contributed by atoms with Crippen LogP contribution >= 0.6 is 0 Å². The zero-order valence-electron chi connectivity index (χ0n) is 15.7. The molecule has 1 heterocycles. The molecule has 3 rings (SSSR count). The second kappa shape index (κ2) is 8.02. The van der Waals surface area contributed by atoms with Crippen LogP contribution in [0.25, 0.3) is 0 Å². The van der Waals surface area contributed by atoms with Gasteiger partial charge in [-0.15, -0.1) is 0 Å². The van der Waals surface area contributed by atoms with Gasteiger partial charge >= 0.3 is 5.97 Å². The Morgan fingerprint density at radius 2 is 1.68 bits per heavy atom. The molecule has 1 unspecified atom stereocenters. The highest BCUT2D eigenvalue weighted by Crippen LogP contribution is 2.26. The van der Waals surface area contributed by atoms with Gasteiger partial charge in [0.2, 0.25) is 16.1 Å². The van der Waals surface area contributed by atoms with Gasteiger partial charge in [-0.1, -0.05) is 30.3 Å². The van der Waals surface area contributed by atoms with Gasteiger partial charge in [0.05, 0.1) is 17.0 Å². The number of anilines is 1. The van der Waals surface area contributed by atoms with E-state index in [-0.39, 0.29) is 17.2 Å². The number of carbonyl (C=O) groups excluding carboxylic acids is 2. The molecule has 7 nitrogen and oxygen atoms in total. The van der Waals surface area contributed by atoms with E-state index in [0.717, 1.165) is 0 Å². The number of likely N-dealkylation sites (N-methyl/N-ethyl adjacent to an activating group) is 1. The summed E-state index contributed by atoms with van der Waals surface area (Å²) >= 11 is 0. The van der Waals surface area contributed by atoms with Crippen LogP contribution in [0.3, 0.4) is 0 Å². The van der Waals surface area contributed by atoms with Crippen LogP contribution in [-0.2, 0) is 19.6 Å². The summed E-state index contributed by atoms with van der Waals surface area (Å²) in [6.45, 7) is 0.430. The fourth-order valence-corrected chi connectivity index (χ4v) is 4.56. The molecule has 0 N–H and O–H groups in total. The molecule has 8 heteroatoms. The zero-order chi connectivity index (χ0) is 20.3. The summed E-state index contributed by atoms with van der Waals surface area (Å²) in [4.78, 5) is 26.4. The van der Waals surface area contributed by atoms with Gasteiger partial charge in [-0.3, -0.25) is 9.10 Å². The minimum Gasteiger partial charge on any atom is -0.444 e. The monoisotopic (exact) mass is 402 g/mol. The van der Waals surface area contributed by atoms with Crippen molar-refractivity contribution in [2.75, 3.05) is 30.7 Å². The van der Waals surface area contributed by atoms with Gasteiger partial charge < -0.3 is 9.64 Å². The van der Waals surface area contributed by atoms with Crippen LogP contribution in [0.4, 0.5) is 5.69 Å². The lowest BCUT2D eigenvalue weighted by Gasteiger charge is -2.21. The SMILES string of the molecule is CN(C)C(=O)C(OC(=O)c1ccc(N2CCCS2(=O)=O)cc1)c1ccccc1. The molecule has 0 saturated carbocycles. The van der Waals surface area contributed by atoms with Crippen LogP contribution in [0, 0.1) is 0 Å². The fraction of sp³-hybridized carbons (Fsp3) is 0.300. The topological polar surface area (TPSA) is 84.0 Å². The van der Waals surface area contributed by atoms with Crippen molar-refractivity contribution >= 4 is 27.6 Å². The predicted octanol–water partition coefficient (Wildman–Crippen LogP) is 2.21. The van der Waals surface area contributed by atoms with Gasteiger partial charge in [-0.05, 0) is 30.7 Å². The van der Waals surface area contributed by atoms with Crippen molar-refractivity contribution in [1.29, 1.82) is 0 Å². The summed E-state index contributed by atoms with van der Waals surface area (Å²) in [5.74, 6) is -0.874. The molecule has 148 valence electrons. The van der Waals surface area contributed by atoms with Gasteiger partial charge in [0, 0.05) is 26.2 Å². The van der Waals surface area contributed by atoms with Crippen LogP contribution in [0.15, 0.2) is 54.6 Å². The highest BCUT2D eigenvalue weighted by molar-refractivity contribution is 7.93.